The number of likely N-dealkylation sites (N-methyl/N-ethyl adjacent to an activating group) is 2. The van der Waals surface area contributed by atoms with Gasteiger partial charge in [0.15, 0.2) is 0 Å². The van der Waals surface area contributed by atoms with E-state index in [2.05, 4.69) is 46.7 Å². The molecule has 0 radical (unpaired) electrons. The summed E-state index contributed by atoms with van der Waals surface area (Å²) in [4.78, 5) is 15.4. The van der Waals surface area contributed by atoms with Gasteiger partial charge in [-0.05, 0) is 53.6 Å². The predicted molar refractivity (Wildman–Crippen MR) is 81.4 cm³/mol. The molecule has 0 aromatic heterocycles. The molecule has 0 aromatic rings. The van der Waals surface area contributed by atoms with E-state index in [1.165, 1.54) is 0 Å². The first kappa shape index (κ1) is 18.8. The van der Waals surface area contributed by atoms with Gasteiger partial charge in [-0.15, -0.1) is 0 Å². The SMILES string of the molecule is CN(C)CCN(C)CCCNCCCNC(=O)/C=N/O. The van der Waals surface area contributed by atoms with E-state index in [9.17, 15) is 4.79 Å². The third-order valence-electron chi connectivity index (χ3n) is 2.83. The Balaban J connectivity index is 3.26. The molecule has 0 aromatic carbocycles. The standard InChI is InChI=1S/C13H29N5O2/c1-17(2)10-11-18(3)9-5-7-14-6-4-8-15-13(19)12-16-20/h12,14,20H,4-11H2,1-3H3,(H,15,19)/b16-12+. The number of nitrogens with zero attached hydrogens (tertiary/aromatic N) is 3. The fraction of sp³-hybridized carbons (Fsp3) is 0.846. The Morgan fingerprint density at radius 2 is 1.80 bits per heavy atom. The topological polar surface area (TPSA) is 80.2 Å². The van der Waals surface area contributed by atoms with Crippen molar-refractivity contribution in [2.24, 2.45) is 5.16 Å². The highest BCUT2D eigenvalue weighted by atomic mass is 16.4. The Morgan fingerprint density at radius 1 is 1.10 bits per heavy atom. The molecule has 1 amide bonds. The van der Waals surface area contributed by atoms with Gasteiger partial charge in [-0.1, -0.05) is 5.16 Å². The minimum absolute atomic E-state index is 0.366. The highest BCUT2D eigenvalue weighted by Gasteiger charge is 1.99. The first-order chi connectivity index (χ1) is 9.56. The molecule has 3 N–H and O–H groups in total. The zero-order valence-electron chi connectivity index (χ0n) is 12.9. The van der Waals surface area contributed by atoms with E-state index in [0.29, 0.717) is 6.54 Å². The third kappa shape index (κ3) is 13.3. The molecule has 0 saturated heterocycles. The molecule has 0 saturated carbocycles. The second-order valence-electron chi connectivity index (χ2n) is 5.10. The Bertz CT molecular complexity index is 271. The van der Waals surface area contributed by atoms with Crippen LogP contribution in [0.4, 0.5) is 0 Å². The van der Waals surface area contributed by atoms with Gasteiger partial charge in [0.1, 0.15) is 6.21 Å². The second-order valence-corrected chi connectivity index (χ2v) is 5.10. The van der Waals surface area contributed by atoms with Crippen LogP contribution >= 0.6 is 0 Å². The largest absolute Gasteiger partial charge is 0.411 e. The van der Waals surface area contributed by atoms with Gasteiger partial charge in [0, 0.05) is 19.6 Å². The summed E-state index contributed by atoms with van der Waals surface area (Å²) < 4.78 is 0. The monoisotopic (exact) mass is 287 g/mol. The summed E-state index contributed by atoms with van der Waals surface area (Å²) in [5.41, 5.74) is 0. The van der Waals surface area contributed by atoms with Gasteiger partial charge in [0.2, 0.25) is 0 Å². The van der Waals surface area contributed by atoms with Crippen molar-refractivity contribution in [1.82, 2.24) is 20.4 Å². The average molecular weight is 287 g/mol. The maximum absolute atomic E-state index is 10.9. The molecule has 0 spiro atoms. The first-order valence-electron chi connectivity index (χ1n) is 7.05. The molecule has 0 rings (SSSR count). The van der Waals surface area contributed by atoms with E-state index >= 15 is 0 Å². The molecular weight excluding hydrogens is 258 g/mol. The van der Waals surface area contributed by atoms with Crippen molar-refractivity contribution in [3.05, 3.63) is 0 Å². The maximum Gasteiger partial charge on any atom is 0.265 e. The van der Waals surface area contributed by atoms with Crippen LogP contribution in [0.25, 0.3) is 0 Å². The van der Waals surface area contributed by atoms with Crippen LogP contribution in [0.2, 0.25) is 0 Å². The fourth-order valence-electron chi connectivity index (χ4n) is 1.60. The molecule has 118 valence electrons. The number of rotatable bonds is 12. The zero-order valence-corrected chi connectivity index (χ0v) is 12.9. The number of amides is 1. The number of carbonyl (C=O) groups excluding carboxylic acids is 1. The molecule has 7 nitrogen and oxygen atoms in total. The Labute approximate surface area is 122 Å². The lowest BCUT2D eigenvalue weighted by Gasteiger charge is -2.19. The summed E-state index contributed by atoms with van der Waals surface area (Å²) in [5.74, 6) is -0.366. The highest BCUT2D eigenvalue weighted by molar-refractivity contribution is 6.25. The van der Waals surface area contributed by atoms with Gasteiger partial charge in [-0.3, -0.25) is 4.79 Å². The molecule has 0 bridgehead atoms. The average Bonchev–Trinajstić information content (AvgIpc) is 2.39. The van der Waals surface area contributed by atoms with E-state index in [4.69, 9.17) is 5.21 Å². The summed E-state index contributed by atoms with van der Waals surface area (Å²) in [6.07, 6.45) is 2.84. The van der Waals surface area contributed by atoms with Crippen molar-refractivity contribution in [3.8, 4) is 0 Å². The molecule has 0 aliphatic carbocycles. The molecule has 0 fully saturated rings. The van der Waals surface area contributed by atoms with Crippen molar-refractivity contribution in [1.29, 1.82) is 0 Å². The number of oxime groups is 1. The lowest BCUT2D eigenvalue weighted by Crippen LogP contribution is -2.31. The van der Waals surface area contributed by atoms with Crippen molar-refractivity contribution >= 4 is 12.1 Å². The fourth-order valence-corrected chi connectivity index (χ4v) is 1.60. The van der Waals surface area contributed by atoms with Crippen LogP contribution in [-0.2, 0) is 4.79 Å². The van der Waals surface area contributed by atoms with Crippen LogP contribution in [0.3, 0.4) is 0 Å². The second kappa shape index (κ2) is 12.8. The van der Waals surface area contributed by atoms with Gasteiger partial charge in [-0.25, -0.2) is 0 Å². The molecule has 0 aliphatic heterocycles. The lowest BCUT2D eigenvalue weighted by atomic mass is 10.3. The molecule has 0 aliphatic rings. The van der Waals surface area contributed by atoms with Crippen LogP contribution < -0.4 is 10.6 Å². The summed E-state index contributed by atoms with van der Waals surface area (Å²) >= 11 is 0. The van der Waals surface area contributed by atoms with Gasteiger partial charge in [-0.2, -0.15) is 0 Å². The summed E-state index contributed by atoms with van der Waals surface area (Å²) in [7, 11) is 6.31. The summed E-state index contributed by atoms with van der Waals surface area (Å²) in [6, 6.07) is 0. The molecule has 0 heterocycles. The first-order valence-corrected chi connectivity index (χ1v) is 7.05. The van der Waals surface area contributed by atoms with E-state index in [1.807, 2.05) is 0 Å². The zero-order chi connectivity index (χ0) is 15.2. The molecule has 0 unspecified atom stereocenters. The Morgan fingerprint density at radius 3 is 2.45 bits per heavy atom. The van der Waals surface area contributed by atoms with Gasteiger partial charge in [0.05, 0.1) is 0 Å². The molecule has 20 heavy (non-hydrogen) atoms. The van der Waals surface area contributed by atoms with Crippen molar-refractivity contribution in [2.75, 3.05) is 60.4 Å². The van der Waals surface area contributed by atoms with Gasteiger partial charge < -0.3 is 25.6 Å². The summed E-state index contributed by atoms with van der Waals surface area (Å²) in [5, 5.41) is 16.8. The lowest BCUT2D eigenvalue weighted by molar-refractivity contribution is -0.114. The normalized spacial score (nSPS) is 11.7. The number of hydrogen-bond acceptors (Lipinski definition) is 6. The van der Waals surface area contributed by atoms with Crippen LogP contribution in [0, 0.1) is 0 Å². The molecular formula is C13H29N5O2. The van der Waals surface area contributed by atoms with E-state index in [-0.39, 0.29) is 5.91 Å². The minimum atomic E-state index is -0.366. The highest BCUT2D eigenvalue weighted by Crippen LogP contribution is 1.87. The van der Waals surface area contributed by atoms with Crippen molar-refractivity contribution < 1.29 is 10.0 Å². The maximum atomic E-state index is 10.9. The number of hydrogen-bond donors (Lipinski definition) is 3. The van der Waals surface area contributed by atoms with Crippen LogP contribution in [-0.4, -0.2) is 87.5 Å². The summed E-state index contributed by atoms with van der Waals surface area (Å²) in [6.45, 7) is 5.70. The smallest absolute Gasteiger partial charge is 0.265 e. The third-order valence-corrected chi connectivity index (χ3v) is 2.83. The van der Waals surface area contributed by atoms with Crippen LogP contribution in [0.15, 0.2) is 5.16 Å². The van der Waals surface area contributed by atoms with E-state index in [1.54, 1.807) is 0 Å². The van der Waals surface area contributed by atoms with Crippen molar-refractivity contribution in [3.63, 3.8) is 0 Å². The predicted octanol–water partition coefficient (Wildman–Crippen LogP) is -0.574. The number of nitrogens with one attached hydrogen (secondary N) is 2. The Hall–Kier alpha value is -1.18. The minimum Gasteiger partial charge on any atom is -0.411 e. The van der Waals surface area contributed by atoms with Crippen molar-refractivity contribution in [2.45, 2.75) is 12.8 Å². The van der Waals surface area contributed by atoms with E-state index < -0.39 is 0 Å². The van der Waals surface area contributed by atoms with Crippen LogP contribution in [0.5, 0.6) is 0 Å². The molecule has 7 heteroatoms. The number of carbonyl (C=O) groups is 1. The van der Waals surface area contributed by atoms with Gasteiger partial charge in [0.25, 0.3) is 5.91 Å². The quantitative estimate of drug-likeness (QED) is 0.194. The van der Waals surface area contributed by atoms with Crippen LogP contribution in [0.1, 0.15) is 12.8 Å². The Kier molecular flexibility index (Phi) is 12.1. The van der Waals surface area contributed by atoms with E-state index in [0.717, 1.165) is 51.8 Å². The molecule has 0 atom stereocenters. The van der Waals surface area contributed by atoms with Gasteiger partial charge >= 0.3 is 0 Å².